The highest BCUT2D eigenvalue weighted by Gasteiger charge is 2.05. The maximum atomic E-state index is 11.1. The van der Waals surface area contributed by atoms with E-state index in [9.17, 15) is 4.79 Å². The number of H-pyrrole nitrogens is 1. The average Bonchev–Trinajstić information content (AvgIpc) is 2.11. The van der Waals surface area contributed by atoms with E-state index in [1.54, 1.807) is 6.92 Å². The number of aromatic nitrogens is 3. The Kier molecular flexibility index (Phi) is 3.48. The molecule has 1 unspecified atom stereocenters. The van der Waals surface area contributed by atoms with Crippen LogP contribution in [0.4, 0.5) is 0 Å². The van der Waals surface area contributed by atoms with Crippen LogP contribution in [-0.4, -0.2) is 20.4 Å². The fourth-order valence-corrected chi connectivity index (χ4v) is 1.49. The van der Waals surface area contributed by atoms with Gasteiger partial charge >= 0.3 is 0 Å². The Hall–Kier alpha value is -0.840. The van der Waals surface area contributed by atoms with Crippen LogP contribution in [0.2, 0.25) is 0 Å². The molecule has 0 aliphatic rings. The zero-order chi connectivity index (χ0) is 9.84. The molecule has 1 heterocycles. The second kappa shape index (κ2) is 4.41. The number of nitrogens with one attached hydrogen (secondary N) is 1. The van der Waals surface area contributed by atoms with Gasteiger partial charge in [0.2, 0.25) is 0 Å². The van der Waals surface area contributed by atoms with Crippen LogP contribution in [0.1, 0.15) is 26.0 Å². The van der Waals surface area contributed by atoms with Crippen molar-refractivity contribution in [3.05, 3.63) is 16.0 Å². The van der Waals surface area contributed by atoms with E-state index in [0.29, 0.717) is 16.1 Å². The van der Waals surface area contributed by atoms with Gasteiger partial charge in [-0.2, -0.15) is 0 Å². The Morgan fingerprint density at radius 3 is 2.77 bits per heavy atom. The summed E-state index contributed by atoms with van der Waals surface area (Å²) in [4.78, 5) is 13.8. The molecule has 72 valence electrons. The number of rotatable bonds is 3. The molecule has 13 heavy (non-hydrogen) atoms. The molecule has 5 heteroatoms. The third-order valence-corrected chi connectivity index (χ3v) is 2.87. The highest BCUT2D eigenvalue weighted by Crippen LogP contribution is 2.19. The van der Waals surface area contributed by atoms with E-state index in [1.165, 1.54) is 11.8 Å². The van der Waals surface area contributed by atoms with Gasteiger partial charge in [-0.15, -0.1) is 10.2 Å². The van der Waals surface area contributed by atoms with Crippen LogP contribution in [0.3, 0.4) is 0 Å². The third kappa shape index (κ3) is 2.84. The molecule has 0 aliphatic carbocycles. The van der Waals surface area contributed by atoms with Crippen LogP contribution in [0.5, 0.6) is 0 Å². The van der Waals surface area contributed by atoms with Crippen LogP contribution < -0.4 is 5.56 Å². The molecule has 1 atom stereocenters. The first-order valence-corrected chi connectivity index (χ1v) is 5.11. The molecule has 1 N–H and O–H groups in total. The van der Waals surface area contributed by atoms with Gasteiger partial charge in [0, 0.05) is 5.25 Å². The van der Waals surface area contributed by atoms with Crippen molar-refractivity contribution in [2.75, 3.05) is 0 Å². The largest absolute Gasteiger partial charge is 0.298 e. The first-order chi connectivity index (χ1) is 6.13. The minimum Gasteiger partial charge on any atom is -0.298 e. The quantitative estimate of drug-likeness (QED) is 0.747. The summed E-state index contributed by atoms with van der Waals surface area (Å²) in [6.07, 6.45) is 1.04. The topological polar surface area (TPSA) is 58.6 Å². The summed E-state index contributed by atoms with van der Waals surface area (Å²) in [5, 5.41) is 8.69. The summed E-state index contributed by atoms with van der Waals surface area (Å²) in [5.41, 5.74) is 0.259. The second-order valence-electron chi connectivity index (χ2n) is 2.88. The van der Waals surface area contributed by atoms with Crippen LogP contribution in [0.15, 0.2) is 9.95 Å². The van der Waals surface area contributed by atoms with Gasteiger partial charge in [0.25, 0.3) is 5.56 Å². The maximum Gasteiger partial charge on any atom is 0.273 e. The molecule has 1 aromatic heterocycles. The molecular weight excluding hydrogens is 186 g/mol. The smallest absolute Gasteiger partial charge is 0.273 e. The molecule has 0 bridgehead atoms. The summed E-state index contributed by atoms with van der Waals surface area (Å²) < 4.78 is 0. The van der Waals surface area contributed by atoms with Gasteiger partial charge in [0.15, 0.2) is 5.16 Å². The summed E-state index contributed by atoms with van der Waals surface area (Å²) >= 11 is 1.54. The predicted octanol–water partition coefficient (Wildman–Crippen LogP) is 1.36. The zero-order valence-corrected chi connectivity index (χ0v) is 8.81. The fraction of sp³-hybridized carbons (Fsp3) is 0.625. The Balaban J connectivity index is 2.80. The Bertz CT molecular complexity index is 336. The van der Waals surface area contributed by atoms with Crippen molar-refractivity contribution in [1.82, 2.24) is 15.2 Å². The van der Waals surface area contributed by atoms with Crippen molar-refractivity contribution in [1.29, 1.82) is 0 Å². The van der Waals surface area contributed by atoms with Crippen molar-refractivity contribution in [3.63, 3.8) is 0 Å². The lowest BCUT2D eigenvalue weighted by molar-refractivity contribution is 0.781. The molecule has 0 spiro atoms. The molecule has 4 nitrogen and oxygen atoms in total. The van der Waals surface area contributed by atoms with Gasteiger partial charge in [-0.25, -0.2) is 0 Å². The average molecular weight is 199 g/mol. The first kappa shape index (κ1) is 10.2. The van der Waals surface area contributed by atoms with Crippen LogP contribution >= 0.6 is 11.8 Å². The SMILES string of the molecule is CCC(C)Sc1nnc(C)c(=O)[nH]1. The Labute approximate surface area is 81.2 Å². The summed E-state index contributed by atoms with van der Waals surface area (Å²) in [7, 11) is 0. The van der Waals surface area contributed by atoms with Crippen molar-refractivity contribution in [2.24, 2.45) is 0 Å². The van der Waals surface area contributed by atoms with E-state index >= 15 is 0 Å². The van der Waals surface area contributed by atoms with Crippen molar-refractivity contribution in [2.45, 2.75) is 37.6 Å². The zero-order valence-electron chi connectivity index (χ0n) is 8.00. The van der Waals surface area contributed by atoms with Gasteiger partial charge < -0.3 is 0 Å². The number of aryl methyl sites for hydroxylation is 1. The van der Waals surface area contributed by atoms with E-state index < -0.39 is 0 Å². The lowest BCUT2D eigenvalue weighted by Crippen LogP contribution is -2.14. The van der Waals surface area contributed by atoms with Gasteiger partial charge in [-0.3, -0.25) is 9.78 Å². The number of nitrogens with zero attached hydrogens (tertiary/aromatic N) is 2. The van der Waals surface area contributed by atoms with E-state index in [1.807, 2.05) is 0 Å². The minimum absolute atomic E-state index is 0.152. The Morgan fingerprint density at radius 2 is 2.23 bits per heavy atom. The summed E-state index contributed by atoms with van der Waals surface area (Å²) in [6.45, 7) is 5.82. The van der Waals surface area contributed by atoms with Gasteiger partial charge in [-0.05, 0) is 13.3 Å². The maximum absolute atomic E-state index is 11.1. The van der Waals surface area contributed by atoms with Crippen LogP contribution in [0, 0.1) is 6.92 Å². The number of aromatic amines is 1. The molecule has 1 aromatic rings. The molecular formula is C8H13N3OS. The summed E-state index contributed by atoms with van der Waals surface area (Å²) in [6, 6.07) is 0. The van der Waals surface area contributed by atoms with Gasteiger partial charge in [0.05, 0.1) is 0 Å². The molecule has 0 aliphatic heterocycles. The van der Waals surface area contributed by atoms with Crippen molar-refractivity contribution in [3.8, 4) is 0 Å². The minimum atomic E-state index is -0.152. The van der Waals surface area contributed by atoms with E-state index in [2.05, 4.69) is 29.0 Å². The van der Waals surface area contributed by atoms with E-state index in [0.717, 1.165) is 6.42 Å². The number of thioether (sulfide) groups is 1. The van der Waals surface area contributed by atoms with Crippen LogP contribution in [-0.2, 0) is 0 Å². The number of hydrogen-bond donors (Lipinski definition) is 1. The molecule has 0 saturated heterocycles. The number of hydrogen-bond acceptors (Lipinski definition) is 4. The molecule has 0 saturated carbocycles. The van der Waals surface area contributed by atoms with Gasteiger partial charge in [-0.1, -0.05) is 25.6 Å². The monoisotopic (exact) mass is 199 g/mol. The molecule has 1 rings (SSSR count). The fourth-order valence-electron chi connectivity index (χ4n) is 0.705. The molecule has 0 aromatic carbocycles. The standard InChI is InChI=1S/C8H13N3OS/c1-4-5(2)13-8-9-7(12)6(3)10-11-8/h5H,4H2,1-3H3,(H,9,11,12). The van der Waals surface area contributed by atoms with E-state index in [4.69, 9.17) is 0 Å². The molecule has 0 fully saturated rings. The molecule has 0 radical (unpaired) electrons. The normalized spacial score (nSPS) is 12.8. The van der Waals surface area contributed by atoms with E-state index in [-0.39, 0.29) is 5.56 Å². The lowest BCUT2D eigenvalue weighted by Gasteiger charge is -2.05. The molecule has 0 amide bonds. The third-order valence-electron chi connectivity index (χ3n) is 1.73. The van der Waals surface area contributed by atoms with Gasteiger partial charge in [0.1, 0.15) is 5.69 Å². The summed E-state index contributed by atoms with van der Waals surface area (Å²) in [5.74, 6) is 0. The first-order valence-electron chi connectivity index (χ1n) is 4.23. The predicted molar refractivity (Wildman–Crippen MR) is 53.0 cm³/mol. The Morgan fingerprint density at radius 1 is 1.54 bits per heavy atom. The van der Waals surface area contributed by atoms with Crippen LogP contribution in [0.25, 0.3) is 0 Å². The highest BCUT2D eigenvalue weighted by atomic mass is 32.2. The highest BCUT2D eigenvalue weighted by molar-refractivity contribution is 7.99. The second-order valence-corrected chi connectivity index (χ2v) is 4.31. The van der Waals surface area contributed by atoms with Crippen molar-refractivity contribution < 1.29 is 0 Å². The van der Waals surface area contributed by atoms with Crippen molar-refractivity contribution >= 4 is 11.8 Å². The lowest BCUT2D eigenvalue weighted by atomic mass is 10.4.